The van der Waals surface area contributed by atoms with Gasteiger partial charge in [-0.3, -0.25) is 15.2 Å². The van der Waals surface area contributed by atoms with Crippen LogP contribution >= 0.6 is 27.7 Å². The first-order chi connectivity index (χ1) is 11.5. The Labute approximate surface area is 154 Å². The van der Waals surface area contributed by atoms with E-state index in [1.54, 1.807) is 6.92 Å². The molecule has 1 N–H and O–H groups in total. The number of hydrogen-bond donors (Lipinski definition) is 1. The van der Waals surface area contributed by atoms with Gasteiger partial charge in [-0.2, -0.15) is 0 Å². The van der Waals surface area contributed by atoms with Crippen LogP contribution in [0.25, 0.3) is 0 Å². The van der Waals surface area contributed by atoms with Crippen molar-refractivity contribution in [3.63, 3.8) is 0 Å². The Balaban J connectivity index is 1.62. The topological polar surface area (TPSA) is 59.8 Å². The highest BCUT2D eigenvalue weighted by Gasteiger charge is 2.43. The molecule has 1 amide bonds. The largest absolute Gasteiger partial charge is 0.343 e. The minimum Gasteiger partial charge on any atom is -0.343 e. The molecule has 7 heteroatoms. The van der Waals surface area contributed by atoms with Crippen LogP contribution in [0.2, 0.25) is 0 Å². The number of thioether (sulfide) groups is 1. The maximum absolute atomic E-state index is 11.6. The maximum atomic E-state index is 11.6. The summed E-state index contributed by atoms with van der Waals surface area (Å²) in [6.45, 7) is 4.87. The van der Waals surface area contributed by atoms with Crippen LogP contribution < -0.4 is 0 Å². The van der Waals surface area contributed by atoms with E-state index in [-0.39, 0.29) is 11.3 Å². The summed E-state index contributed by atoms with van der Waals surface area (Å²) in [5.41, 5.74) is 1.21. The molecule has 0 aromatic heterocycles. The molecule has 0 saturated carbocycles. The van der Waals surface area contributed by atoms with Gasteiger partial charge in [-0.1, -0.05) is 27.7 Å². The molecule has 3 aliphatic rings. The predicted molar refractivity (Wildman–Crippen MR) is 99.8 cm³/mol. The van der Waals surface area contributed by atoms with Gasteiger partial charge in [0.05, 0.1) is 0 Å². The number of nitrogens with one attached hydrogen (secondary N) is 1. The minimum absolute atomic E-state index is 0.0924. The Hall–Kier alpha value is -1.34. The number of piperidine rings is 1. The number of hydrogen-bond acceptors (Lipinski definition) is 4. The molecule has 126 valence electrons. The third-order valence-corrected chi connectivity index (χ3v) is 6.68. The summed E-state index contributed by atoms with van der Waals surface area (Å²) in [5.74, 6) is 1.09. The van der Waals surface area contributed by atoms with Crippen molar-refractivity contribution in [3.05, 3.63) is 28.2 Å². The van der Waals surface area contributed by atoms with Crippen LogP contribution in [-0.4, -0.2) is 52.9 Å². The second-order valence-corrected chi connectivity index (χ2v) is 8.73. The van der Waals surface area contributed by atoms with Gasteiger partial charge in [0, 0.05) is 53.4 Å². The fourth-order valence-corrected chi connectivity index (χ4v) is 5.16. The van der Waals surface area contributed by atoms with Gasteiger partial charge in [0.25, 0.3) is 0 Å². The highest BCUT2D eigenvalue weighted by Crippen LogP contribution is 2.41. The van der Waals surface area contributed by atoms with Crippen molar-refractivity contribution in [2.24, 2.45) is 10.4 Å². The van der Waals surface area contributed by atoms with Crippen molar-refractivity contribution in [1.82, 2.24) is 9.80 Å². The van der Waals surface area contributed by atoms with Crippen LogP contribution in [0.5, 0.6) is 0 Å². The second-order valence-electron chi connectivity index (χ2n) is 6.78. The zero-order valence-electron chi connectivity index (χ0n) is 13.5. The van der Waals surface area contributed by atoms with Gasteiger partial charge in [0.2, 0.25) is 5.91 Å². The minimum atomic E-state index is 0.0924. The zero-order chi connectivity index (χ0) is 16.9. The van der Waals surface area contributed by atoms with Gasteiger partial charge in [-0.25, -0.2) is 0 Å². The number of benzene rings is 1. The number of fused-ring (bicyclic) bond motifs is 3. The van der Waals surface area contributed by atoms with E-state index in [0.29, 0.717) is 5.17 Å². The number of likely N-dealkylation sites (tertiary alicyclic amines) is 1. The van der Waals surface area contributed by atoms with Crippen LogP contribution in [0.3, 0.4) is 0 Å². The van der Waals surface area contributed by atoms with E-state index in [2.05, 4.69) is 33.0 Å². The Bertz CT molecular complexity index is 755. The smallest absolute Gasteiger partial charge is 0.219 e. The summed E-state index contributed by atoms with van der Waals surface area (Å²) in [5, 5.41) is 9.00. The molecular formula is C17H19BrN4OS. The van der Waals surface area contributed by atoms with Gasteiger partial charge in [0.15, 0.2) is 5.17 Å². The lowest BCUT2D eigenvalue weighted by atomic mass is 9.76. The third-order valence-electron chi connectivity index (χ3n) is 5.22. The first-order valence-electron chi connectivity index (χ1n) is 8.11. The molecule has 24 heavy (non-hydrogen) atoms. The molecule has 5 nitrogen and oxygen atoms in total. The summed E-state index contributed by atoms with van der Waals surface area (Å²) in [6.07, 6.45) is 1.93. The lowest BCUT2D eigenvalue weighted by Gasteiger charge is -2.47. The third kappa shape index (κ3) is 2.67. The number of amides is 1. The standard InChI is InChI=1S/C17H19BrN4OS/c1-11(23)21-6-4-17(5-7-21)9-20-15-13-3-2-12(18)8-14(13)24-16(19)22(15)10-17/h2-3,8,19H,4-7,9-10H2,1H3. The molecule has 0 radical (unpaired) electrons. The Morgan fingerprint density at radius 3 is 2.83 bits per heavy atom. The SMILES string of the molecule is CC(=O)N1CCC2(CC1)CN=C1c3ccc(Br)cc3SC(=N)N1C2. The Morgan fingerprint density at radius 1 is 1.38 bits per heavy atom. The molecule has 1 aromatic carbocycles. The van der Waals surface area contributed by atoms with E-state index < -0.39 is 0 Å². The molecule has 3 heterocycles. The van der Waals surface area contributed by atoms with Crippen LogP contribution in [0.1, 0.15) is 25.3 Å². The van der Waals surface area contributed by atoms with E-state index in [1.807, 2.05) is 11.0 Å². The lowest BCUT2D eigenvalue weighted by Crippen LogP contribution is -2.55. The number of amidine groups is 2. The Morgan fingerprint density at radius 2 is 2.12 bits per heavy atom. The van der Waals surface area contributed by atoms with E-state index in [4.69, 9.17) is 10.4 Å². The van der Waals surface area contributed by atoms with Crippen LogP contribution in [0.15, 0.2) is 32.6 Å². The number of carbonyl (C=O) groups is 1. The normalized spacial score (nSPS) is 22.1. The number of halogens is 1. The van der Waals surface area contributed by atoms with Gasteiger partial charge >= 0.3 is 0 Å². The number of rotatable bonds is 0. The van der Waals surface area contributed by atoms with Crippen molar-refractivity contribution in [2.45, 2.75) is 24.7 Å². The summed E-state index contributed by atoms with van der Waals surface area (Å²) in [7, 11) is 0. The molecule has 0 atom stereocenters. The highest BCUT2D eigenvalue weighted by molar-refractivity contribution is 9.10. The van der Waals surface area contributed by atoms with Crippen LogP contribution in [0, 0.1) is 10.8 Å². The molecule has 0 aliphatic carbocycles. The summed E-state index contributed by atoms with van der Waals surface area (Å²) in [4.78, 5) is 21.5. The predicted octanol–water partition coefficient (Wildman–Crippen LogP) is 3.18. The van der Waals surface area contributed by atoms with E-state index in [9.17, 15) is 4.79 Å². The number of nitrogens with zero attached hydrogens (tertiary/aromatic N) is 3. The van der Waals surface area contributed by atoms with Gasteiger partial charge < -0.3 is 9.80 Å². The van der Waals surface area contributed by atoms with E-state index in [0.717, 1.165) is 59.8 Å². The second kappa shape index (κ2) is 5.88. The molecule has 0 bridgehead atoms. The van der Waals surface area contributed by atoms with Crippen molar-refractivity contribution >= 4 is 44.6 Å². The fraction of sp³-hybridized carbons (Fsp3) is 0.471. The van der Waals surface area contributed by atoms with Crippen molar-refractivity contribution in [2.75, 3.05) is 26.2 Å². The van der Waals surface area contributed by atoms with E-state index >= 15 is 0 Å². The average molecular weight is 407 g/mol. The first-order valence-corrected chi connectivity index (χ1v) is 9.72. The first kappa shape index (κ1) is 16.1. The molecule has 0 unspecified atom stereocenters. The summed E-state index contributed by atoms with van der Waals surface area (Å²) in [6, 6.07) is 6.18. The Kier molecular flexibility index (Phi) is 3.95. The quantitative estimate of drug-likeness (QED) is 0.719. The molecule has 1 spiro atoms. The van der Waals surface area contributed by atoms with Gasteiger partial charge in [-0.05, 0) is 31.0 Å². The molecule has 1 aromatic rings. The molecule has 3 aliphatic heterocycles. The molecule has 1 fully saturated rings. The maximum Gasteiger partial charge on any atom is 0.219 e. The zero-order valence-corrected chi connectivity index (χ0v) is 15.9. The van der Waals surface area contributed by atoms with Crippen LogP contribution in [-0.2, 0) is 4.79 Å². The molecule has 1 saturated heterocycles. The average Bonchev–Trinajstić information content (AvgIpc) is 2.55. The van der Waals surface area contributed by atoms with Crippen LogP contribution in [0.4, 0.5) is 0 Å². The van der Waals surface area contributed by atoms with Crippen molar-refractivity contribution in [3.8, 4) is 0 Å². The number of carbonyl (C=O) groups excluding carboxylic acids is 1. The van der Waals surface area contributed by atoms with E-state index in [1.165, 1.54) is 11.8 Å². The van der Waals surface area contributed by atoms with Crippen molar-refractivity contribution < 1.29 is 4.79 Å². The summed E-state index contributed by atoms with van der Waals surface area (Å²) < 4.78 is 1.03. The highest BCUT2D eigenvalue weighted by atomic mass is 79.9. The molecule has 4 rings (SSSR count). The monoisotopic (exact) mass is 406 g/mol. The fourth-order valence-electron chi connectivity index (χ4n) is 3.72. The molecular weight excluding hydrogens is 388 g/mol. The van der Waals surface area contributed by atoms with Gasteiger partial charge in [0.1, 0.15) is 5.84 Å². The lowest BCUT2D eigenvalue weighted by molar-refractivity contribution is -0.131. The van der Waals surface area contributed by atoms with Crippen molar-refractivity contribution in [1.29, 1.82) is 5.41 Å². The van der Waals surface area contributed by atoms with Gasteiger partial charge in [-0.15, -0.1) is 0 Å². The number of aliphatic imine (C=N–C) groups is 1. The summed E-state index contributed by atoms with van der Waals surface area (Å²) >= 11 is 5.00.